The van der Waals surface area contributed by atoms with Crippen LogP contribution in [0.5, 0.6) is 5.75 Å². The van der Waals surface area contributed by atoms with E-state index in [1.807, 2.05) is 36.4 Å². The fourth-order valence-corrected chi connectivity index (χ4v) is 5.25. The van der Waals surface area contributed by atoms with Gasteiger partial charge in [-0.15, -0.1) is 0 Å². The maximum Gasteiger partial charge on any atom is 0.151 e. The summed E-state index contributed by atoms with van der Waals surface area (Å²) in [5.74, 6) is 0.798. The van der Waals surface area contributed by atoms with Gasteiger partial charge in [0.1, 0.15) is 0 Å². The van der Waals surface area contributed by atoms with Gasteiger partial charge in [0, 0.05) is 28.2 Å². The second-order valence-electron chi connectivity index (χ2n) is 9.59. The number of nitrogens with two attached hydrogens (primary N) is 1. The average molecular weight is 519 g/mol. The molecule has 6 rings (SSSR count). The van der Waals surface area contributed by atoms with E-state index in [4.69, 9.17) is 10.5 Å². The number of benzene rings is 6. The molecular formula is C37H30N2O. The summed E-state index contributed by atoms with van der Waals surface area (Å²) in [7, 11) is 1.76. The van der Waals surface area contributed by atoms with Crippen molar-refractivity contribution in [3.8, 4) is 39.1 Å². The van der Waals surface area contributed by atoms with Gasteiger partial charge in [-0.3, -0.25) is 0 Å². The van der Waals surface area contributed by atoms with E-state index in [0.717, 1.165) is 61.9 Å². The molecule has 0 saturated carbocycles. The fraction of sp³-hybridized carbons (Fsp3) is 0.0270. The van der Waals surface area contributed by atoms with Crippen LogP contribution in [0.25, 0.3) is 33.4 Å². The highest BCUT2D eigenvalue weighted by Crippen LogP contribution is 2.53. The van der Waals surface area contributed by atoms with Crippen LogP contribution in [-0.2, 0) is 0 Å². The number of rotatable bonds is 7. The first-order valence-corrected chi connectivity index (χ1v) is 13.4. The molecule has 0 aliphatic heterocycles. The van der Waals surface area contributed by atoms with E-state index in [1.165, 1.54) is 0 Å². The normalized spacial score (nSPS) is 10.7. The van der Waals surface area contributed by atoms with Crippen molar-refractivity contribution in [3.63, 3.8) is 0 Å². The molecule has 3 nitrogen and oxygen atoms in total. The zero-order valence-corrected chi connectivity index (χ0v) is 22.4. The lowest BCUT2D eigenvalue weighted by atomic mass is 9.88. The summed E-state index contributed by atoms with van der Waals surface area (Å²) >= 11 is 0. The molecule has 194 valence electrons. The van der Waals surface area contributed by atoms with E-state index < -0.39 is 0 Å². The zero-order chi connectivity index (χ0) is 27.3. The third kappa shape index (κ3) is 4.81. The minimum Gasteiger partial charge on any atom is -0.494 e. The zero-order valence-electron chi connectivity index (χ0n) is 22.4. The van der Waals surface area contributed by atoms with Crippen LogP contribution in [0.4, 0.5) is 22.7 Å². The van der Waals surface area contributed by atoms with Crippen molar-refractivity contribution in [2.75, 3.05) is 17.7 Å². The molecule has 0 heterocycles. The minimum absolute atomic E-state index is 0.733. The Bertz CT molecular complexity index is 1660. The molecule has 0 radical (unpaired) electrons. The highest BCUT2D eigenvalue weighted by Gasteiger charge is 2.27. The maximum atomic E-state index is 6.44. The molecule has 0 saturated heterocycles. The highest BCUT2D eigenvalue weighted by molar-refractivity contribution is 6.02. The molecule has 0 bridgehead atoms. The van der Waals surface area contributed by atoms with E-state index >= 15 is 0 Å². The van der Waals surface area contributed by atoms with Gasteiger partial charge in [-0.2, -0.15) is 0 Å². The summed E-state index contributed by atoms with van der Waals surface area (Å²) in [6, 6.07) is 52.2. The number of nitrogens with zero attached hydrogens (tertiary/aromatic N) is 1. The molecule has 0 aromatic heterocycles. The van der Waals surface area contributed by atoms with Crippen molar-refractivity contribution in [2.45, 2.75) is 0 Å². The molecule has 0 atom stereocenters. The second kappa shape index (κ2) is 11.2. The summed E-state index contributed by atoms with van der Waals surface area (Å²) in [6.45, 7) is 0. The minimum atomic E-state index is 0.733. The predicted molar refractivity (Wildman–Crippen MR) is 168 cm³/mol. The maximum absolute atomic E-state index is 6.44. The van der Waals surface area contributed by atoms with Crippen molar-refractivity contribution in [1.29, 1.82) is 0 Å². The van der Waals surface area contributed by atoms with Gasteiger partial charge in [0.05, 0.1) is 12.8 Å². The number of anilines is 4. The second-order valence-corrected chi connectivity index (χ2v) is 9.59. The van der Waals surface area contributed by atoms with Crippen molar-refractivity contribution in [1.82, 2.24) is 0 Å². The molecule has 0 unspecified atom stereocenters. The van der Waals surface area contributed by atoms with Crippen molar-refractivity contribution in [2.24, 2.45) is 0 Å². The molecule has 40 heavy (non-hydrogen) atoms. The summed E-state index contributed by atoms with van der Waals surface area (Å²) in [5, 5.41) is 0. The van der Waals surface area contributed by atoms with Gasteiger partial charge in [-0.05, 0) is 64.7 Å². The Morgan fingerprint density at radius 1 is 0.500 bits per heavy atom. The van der Waals surface area contributed by atoms with Crippen LogP contribution in [0.2, 0.25) is 0 Å². The number of nitrogen functional groups attached to an aromatic ring is 1. The molecule has 2 N–H and O–H groups in total. The van der Waals surface area contributed by atoms with E-state index in [0.29, 0.717) is 0 Å². The largest absolute Gasteiger partial charge is 0.494 e. The molecule has 6 aromatic carbocycles. The van der Waals surface area contributed by atoms with Gasteiger partial charge in [-0.1, -0.05) is 109 Å². The molecule has 0 spiro atoms. The van der Waals surface area contributed by atoms with Crippen LogP contribution >= 0.6 is 0 Å². The van der Waals surface area contributed by atoms with Crippen LogP contribution in [0, 0.1) is 0 Å². The SMILES string of the molecule is COc1c(-c2ccccc2)c(-c2ccc(N)cc2)cc(-c2ccccc2)c1N(c1ccccc1)c1ccccc1. The first-order valence-electron chi connectivity index (χ1n) is 13.4. The Kier molecular flexibility index (Phi) is 7.02. The van der Waals surface area contributed by atoms with Gasteiger partial charge in [0.25, 0.3) is 0 Å². The smallest absolute Gasteiger partial charge is 0.151 e. The third-order valence-electron chi connectivity index (χ3n) is 7.08. The molecule has 0 aliphatic rings. The number of methoxy groups -OCH3 is 1. The topological polar surface area (TPSA) is 38.5 Å². The average Bonchev–Trinajstić information content (AvgIpc) is 3.03. The Labute approximate surface area is 235 Å². The summed E-state index contributed by atoms with van der Waals surface area (Å²) < 4.78 is 6.44. The standard InChI is InChI=1S/C37H30N2O/c1-40-37-35(29-16-8-3-9-17-29)33(28-22-24-30(38)25-23-28)26-34(27-14-6-2-7-15-27)36(37)39(31-18-10-4-11-19-31)32-20-12-5-13-21-32/h2-26H,38H2,1H3. The van der Waals surface area contributed by atoms with Crippen LogP contribution in [0.15, 0.2) is 152 Å². The lowest BCUT2D eigenvalue weighted by Gasteiger charge is -2.31. The summed E-state index contributed by atoms with van der Waals surface area (Å²) in [5.41, 5.74) is 16.3. The van der Waals surface area contributed by atoms with Gasteiger partial charge in [0.2, 0.25) is 0 Å². The van der Waals surface area contributed by atoms with Crippen LogP contribution in [0.1, 0.15) is 0 Å². The quantitative estimate of drug-likeness (QED) is 0.214. The lowest BCUT2D eigenvalue weighted by molar-refractivity contribution is 0.418. The Hall–Kier alpha value is -5.28. The van der Waals surface area contributed by atoms with Crippen molar-refractivity contribution >= 4 is 22.7 Å². The number of ether oxygens (including phenoxy) is 1. The molecule has 0 amide bonds. The van der Waals surface area contributed by atoms with Gasteiger partial charge >= 0.3 is 0 Å². The van der Waals surface area contributed by atoms with Gasteiger partial charge < -0.3 is 15.4 Å². The van der Waals surface area contributed by atoms with Crippen LogP contribution in [0.3, 0.4) is 0 Å². The lowest BCUT2D eigenvalue weighted by Crippen LogP contribution is -2.13. The van der Waals surface area contributed by atoms with Crippen LogP contribution in [-0.4, -0.2) is 7.11 Å². The molecule has 3 heteroatoms. The fourth-order valence-electron chi connectivity index (χ4n) is 5.25. The molecular weight excluding hydrogens is 488 g/mol. The molecule has 0 fully saturated rings. The van der Waals surface area contributed by atoms with Crippen molar-refractivity contribution < 1.29 is 4.74 Å². The van der Waals surface area contributed by atoms with E-state index in [9.17, 15) is 0 Å². The Balaban J connectivity index is 1.78. The van der Waals surface area contributed by atoms with E-state index in [1.54, 1.807) is 7.11 Å². The summed E-state index contributed by atoms with van der Waals surface area (Å²) in [6.07, 6.45) is 0. The number of para-hydroxylation sites is 2. The monoisotopic (exact) mass is 518 g/mol. The molecule has 0 aliphatic carbocycles. The predicted octanol–water partition coefficient (Wildman–Crippen LogP) is 9.75. The Morgan fingerprint density at radius 3 is 1.45 bits per heavy atom. The van der Waals surface area contributed by atoms with Gasteiger partial charge in [-0.25, -0.2) is 0 Å². The number of hydrogen-bond acceptors (Lipinski definition) is 3. The van der Waals surface area contributed by atoms with E-state index in [2.05, 4.69) is 120 Å². The Morgan fingerprint density at radius 2 is 0.950 bits per heavy atom. The van der Waals surface area contributed by atoms with Crippen LogP contribution < -0.4 is 15.4 Å². The number of hydrogen-bond donors (Lipinski definition) is 1. The van der Waals surface area contributed by atoms with E-state index in [-0.39, 0.29) is 0 Å². The first kappa shape index (κ1) is 25.0. The highest BCUT2D eigenvalue weighted by atomic mass is 16.5. The van der Waals surface area contributed by atoms with Crippen molar-refractivity contribution in [3.05, 3.63) is 152 Å². The first-order chi connectivity index (χ1) is 19.7. The summed E-state index contributed by atoms with van der Waals surface area (Å²) in [4.78, 5) is 2.29. The molecule has 6 aromatic rings. The van der Waals surface area contributed by atoms with Gasteiger partial charge in [0.15, 0.2) is 5.75 Å². The third-order valence-corrected chi connectivity index (χ3v) is 7.08.